The number of carbonyl (C=O) groups excluding carboxylic acids is 5. The number of aromatic nitrogens is 5. The topological polar surface area (TPSA) is 208 Å². The Kier molecular flexibility index (Phi) is 12.9. The van der Waals surface area contributed by atoms with Crippen LogP contribution in [0.2, 0.25) is 0 Å². The molecule has 68 heavy (non-hydrogen) atoms. The lowest BCUT2D eigenvalue weighted by atomic mass is 10.0. The number of methoxy groups -OCH3 is 2. The van der Waals surface area contributed by atoms with Crippen molar-refractivity contribution in [3.8, 4) is 33.8 Å². The number of amides is 5. The Balaban J connectivity index is 0.898. The van der Waals surface area contributed by atoms with Crippen molar-refractivity contribution in [2.75, 3.05) is 40.4 Å². The molecular weight excluding hydrogens is 865 g/mol. The van der Waals surface area contributed by atoms with Gasteiger partial charge in [0.15, 0.2) is 0 Å². The molecule has 2 aliphatic rings. The molecule has 2 fully saturated rings. The molecule has 7 aromatic rings. The minimum absolute atomic E-state index is 0.111. The number of ether oxygens (including phenoxy) is 2. The summed E-state index contributed by atoms with van der Waals surface area (Å²) >= 11 is 0. The van der Waals surface area contributed by atoms with Crippen LogP contribution in [0.5, 0.6) is 0 Å². The number of aromatic amines is 2. The molecule has 17 nitrogen and oxygen atoms in total. The molecule has 4 atom stereocenters. The molecule has 2 saturated heterocycles. The Morgan fingerprint density at radius 2 is 1.18 bits per heavy atom. The second-order valence-electron chi connectivity index (χ2n) is 16.7. The molecule has 9 rings (SSSR count). The molecule has 0 aliphatic carbocycles. The van der Waals surface area contributed by atoms with Crippen molar-refractivity contribution >= 4 is 40.8 Å². The van der Waals surface area contributed by atoms with E-state index in [1.54, 1.807) is 51.4 Å². The summed E-state index contributed by atoms with van der Waals surface area (Å²) in [7, 11) is 2.52. The summed E-state index contributed by atoms with van der Waals surface area (Å²) in [5, 5.41) is 6.34. The molecule has 0 spiro atoms. The third-order valence-corrected chi connectivity index (χ3v) is 12.6. The first-order chi connectivity index (χ1) is 33.1. The molecule has 5 heterocycles. The van der Waals surface area contributed by atoms with E-state index in [4.69, 9.17) is 24.4 Å². The van der Waals surface area contributed by atoms with Crippen molar-refractivity contribution in [2.45, 2.75) is 43.9 Å². The van der Waals surface area contributed by atoms with Gasteiger partial charge in [-0.3, -0.25) is 14.4 Å². The van der Waals surface area contributed by atoms with Gasteiger partial charge in [0.1, 0.15) is 29.8 Å². The monoisotopic (exact) mass is 914 g/mol. The van der Waals surface area contributed by atoms with Gasteiger partial charge in [0, 0.05) is 49.6 Å². The zero-order valence-electron chi connectivity index (χ0n) is 37.7. The molecule has 5 amide bonds. The van der Waals surface area contributed by atoms with Crippen LogP contribution in [0, 0.1) is 0 Å². The number of imidazole rings is 2. The van der Waals surface area contributed by atoms with Gasteiger partial charge in [0.25, 0.3) is 11.8 Å². The molecule has 346 valence electrons. The summed E-state index contributed by atoms with van der Waals surface area (Å²) < 4.78 is 9.69. The van der Waals surface area contributed by atoms with E-state index in [1.165, 1.54) is 21.1 Å². The summed E-state index contributed by atoms with van der Waals surface area (Å²) in [6, 6.07) is 33.3. The van der Waals surface area contributed by atoms with E-state index in [2.05, 4.69) is 26.7 Å². The van der Waals surface area contributed by atoms with Crippen molar-refractivity contribution in [3.63, 3.8) is 0 Å². The van der Waals surface area contributed by atoms with Crippen LogP contribution >= 0.6 is 0 Å². The SMILES string of the molecule is COC(=O)N[C@@H](C(=O)N1CCC[C@H]1c1ncc(-c2ccc3nc(-c4ccc(-c5cnc([C@@H]6CN(C(C)=O)CCN6C(=O)[C@H](NC(=O)OC)c6ccccc6)[nH]5)cc4)ccc3c2)[nH]1)c1ccccc1. The van der Waals surface area contributed by atoms with Crippen LogP contribution < -0.4 is 10.6 Å². The van der Waals surface area contributed by atoms with Crippen LogP contribution in [0.15, 0.2) is 128 Å². The molecule has 0 saturated carbocycles. The smallest absolute Gasteiger partial charge is 0.407 e. The average molecular weight is 915 g/mol. The quantitative estimate of drug-likeness (QED) is 0.102. The number of carbonyl (C=O) groups is 5. The van der Waals surface area contributed by atoms with E-state index in [-0.39, 0.29) is 36.9 Å². The largest absolute Gasteiger partial charge is 0.453 e. The molecule has 0 unspecified atom stereocenters. The van der Waals surface area contributed by atoms with E-state index in [0.717, 1.165) is 57.5 Å². The van der Waals surface area contributed by atoms with E-state index < -0.39 is 30.3 Å². The summed E-state index contributed by atoms with van der Waals surface area (Å²) in [5.41, 5.74) is 7.10. The van der Waals surface area contributed by atoms with Gasteiger partial charge < -0.3 is 44.8 Å². The highest BCUT2D eigenvalue weighted by Gasteiger charge is 2.39. The number of pyridine rings is 1. The van der Waals surface area contributed by atoms with Crippen LogP contribution in [0.25, 0.3) is 44.7 Å². The van der Waals surface area contributed by atoms with E-state index >= 15 is 0 Å². The number of hydrogen-bond donors (Lipinski definition) is 4. The number of alkyl carbamates (subject to hydrolysis) is 2. The van der Waals surface area contributed by atoms with Crippen molar-refractivity contribution < 1.29 is 33.4 Å². The predicted octanol–water partition coefficient (Wildman–Crippen LogP) is 7.27. The predicted molar refractivity (Wildman–Crippen MR) is 252 cm³/mol. The van der Waals surface area contributed by atoms with Gasteiger partial charge in [-0.2, -0.15) is 0 Å². The molecule has 2 aliphatic heterocycles. The lowest BCUT2D eigenvalue weighted by Crippen LogP contribution is -2.54. The number of likely N-dealkylation sites (tertiary alicyclic amines) is 1. The standard InChI is InChI=1S/C51H50N10O7/c1-31(62)59-25-26-61(49(64)45(58-51(66)68-3)35-13-8-5-9-14-35)43(30-59)47-53-28-40(55-47)33-18-16-32(17-19-33)38-22-20-36-27-37(21-23-39(36)54-38)41-29-52-46(56-41)42-15-10-24-60(42)48(63)44(57-50(65)67-2)34-11-6-4-7-12-34/h4-9,11-14,16-23,27-29,42-45H,10,15,24-26,30H2,1-3H3,(H,52,56)(H,53,55)(H,57,65)(H,58,66)/t42-,43-,44+,45+/m0/s1. The minimum Gasteiger partial charge on any atom is -0.453 e. The number of H-pyrrole nitrogens is 2. The third kappa shape index (κ3) is 9.36. The van der Waals surface area contributed by atoms with Crippen LogP contribution in [0.4, 0.5) is 9.59 Å². The molecule has 4 aromatic carbocycles. The molecule has 3 aromatic heterocycles. The lowest BCUT2D eigenvalue weighted by Gasteiger charge is -2.41. The Bertz CT molecular complexity index is 2960. The number of piperazine rings is 1. The lowest BCUT2D eigenvalue weighted by molar-refractivity contribution is -0.144. The summed E-state index contributed by atoms with van der Waals surface area (Å²) in [4.78, 5) is 91.9. The zero-order valence-corrected chi connectivity index (χ0v) is 37.7. The van der Waals surface area contributed by atoms with Gasteiger partial charge in [-0.15, -0.1) is 0 Å². The number of nitrogens with one attached hydrogen (secondary N) is 4. The Labute approximate surface area is 391 Å². The fraction of sp³-hybridized carbons (Fsp3) is 0.255. The van der Waals surface area contributed by atoms with Crippen molar-refractivity contribution in [3.05, 3.63) is 150 Å². The number of rotatable bonds is 11. The van der Waals surface area contributed by atoms with E-state index in [9.17, 15) is 24.0 Å². The van der Waals surface area contributed by atoms with Gasteiger partial charge in [0.2, 0.25) is 5.91 Å². The highest BCUT2D eigenvalue weighted by atomic mass is 16.5. The summed E-state index contributed by atoms with van der Waals surface area (Å²) in [6.45, 7) is 2.83. The fourth-order valence-electron chi connectivity index (χ4n) is 9.01. The number of nitrogens with zero attached hydrogens (tertiary/aromatic N) is 6. The molecule has 17 heteroatoms. The highest BCUT2D eigenvalue weighted by molar-refractivity contribution is 5.89. The maximum atomic E-state index is 14.3. The first kappa shape index (κ1) is 44.8. The van der Waals surface area contributed by atoms with Crippen molar-refractivity contribution in [1.29, 1.82) is 0 Å². The van der Waals surface area contributed by atoms with Crippen LogP contribution in [0.1, 0.15) is 66.7 Å². The van der Waals surface area contributed by atoms with Gasteiger partial charge in [-0.05, 0) is 47.7 Å². The Hall–Kier alpha value is -8.34. The Morgan fingerprint density at radius 3 is 1.76 bits per heavy atom. The minimum atomic E-state index is -1.01. The molecule has 4 N–H and O–H groups in total. The zero-order chi connectivity index (χ0) is 47.3. The van der Waals surface area contributed by atoms with Gasteiger partial charge in [0.05, 0.1) is 55.3 Å². The first-order valence-electron chi connectivity index (χ1n) is 22.4. The normalized spacial score (nSPS) is 16.8. The highest BCUT2D eigenvalue weighted by Crippen LogP contribution is 2.35. The number of fused-ring (bicyclic) bond motifs is 1. The molecule has 0 radical (unpaired) electrons. The van der Waals surface area contributed by atoms with Crippen molar-refractivity contribution in [1.82, 2.24) is 50.3 Å². The van der Waals surface area contributed by atoms with Crippen molar-refractivity contribution in [2.24, 2.45) is 0 Å². The van der Waals surface area contributed by atoms with Crippen LogP contribution in [-0.4, -0.2) is 110 Å². The molecular formula is C51H50N10O7. The Morgan fingerprint density at radius 1 is 0.632 bits per heavy atom. The van der Waals surface area contributed by atoms with Gasteiger partial charge >= 0.3 is 12.2 Å². The maximum absolute atomic E-state index is 14.3. The van der Waals surface area contributed by atoms with Gasteiger partial charge in [-0.1, -0.05) is 97.1 Å². The third-order valence-electron chi connectivity index (χ3n) is 12.6. The summed E-state index contributed by atoms with van der Waals surface area (Å²) in [5.74, 6) is 0.489. The fourth-order valence-corrected chi connectivity index (χ4v) is 9.01. The average Bonchev–Trinajstić information content (AvgIpc) is 4.19. The van der Waals surface area contributed by atoms with E-state index in [0.29, 0.717) is 35.9 Å². The van der Waals surface area contributed by atoms with Gasteiger partial charge in [-0.25, -0.2) is 24.5 Å². The first-order valence-corrected chi connectivity index (χ1v) is 22.4. The second kappa shape index (κ2) is 19.6. The van der Waals surface area contributed by atoms with Crippen LogP contribution in [0.3, 0.4) is 0 Å². The van der Waals surface area contributed by atoms with Crippen LogP contribution in [-0.2, 0) is 23.9 Å². The molecule has 0 bridgehead atoms. The van der Waals surface area contributed by atoms with E-state index in [1.807, 2.05) is 84.9 Å². The summed E-state index contributed by atoms with van der Waals surface area (Å²) in [6.07, 6.45) is 3.59. The number of hydrogen-bond acceptors (Lipinski definition) is 10. The second-order valence-corrected chi connectivity index (χ2v) is 16.7. The maximum Gasteiger partial charge on any atom is 0.407 e. The number of benzene rings is 4.